The molecule has 5 heteroatoms. The van der Waals surface area contributed by atoms with Gasteiger partial charge < -0.3 is 15.0 Å². The van der Waals surface area contributed by atoms with E-state index in [4.69, 9.17) is 4.74 Å². The van der Waals surface area contributed by atoms with Crippen LogP contribution in [-0.2, 0) is 9.59 Å². The summed E-state index contributed by atoms with van der Waals surface area (Å²) in [6, 6.07) is 7.51. The summed E-state index contributed by atoms with van der Waals surface area (Å²) in [6.07, 6.45) is 3.19. The van der Waals surface area contributed by atoms with E-state index in [9.17, 15) is 9.59 Å². The zero-order valence-electron chi connectivity index (χ0n) is 15.6. The number of carbonyl (C=O) groups excluding carboxylic acids is 2. The number of nitrogens with one attached hydrogen (secondary N) is 1. The molecule has 0 spiro atoms. The van der Waals surface area contributed by atoms with E-state index in [2.05, 4.69) is 19.2 Å². The van der Waals surface area contributed by atoms with Gasteiger partial charge in [0, 0.05) is 31.3 Å². The number of benzene rings is 1. The van der Waals surface area contributed by atoms with Crippen LogP contribution in [0.15, 0.2) is 24.3 Å². The number of piperidine rings is 1. The maximum Gasteiger partial charge on any atom is 0.229 e. The van der Waals surface area contributed by atoms with Gasteiger partial charge in [-0.2, -0.15) is 0 Å². The number of carbonyl (C=O) groups is 2. The minimum atomic E-state index is -0.144. The van der Waals surface area contributed by atoms with E-state index >= 15 is 0 Å². The largest absolute Gasteiger partial charge is 0.494 e. The highest BCUT2D eigenvalue weighted by Crippen LogP contribution is 2.22. The molecular formula is C20H30N2O3. The molecule has 2 rings (SSSR count). The third kappa shape index (κ3) is 6.07. The van der Waals surface area contributed by atoms with E-state index in [0.29, 0.717) is 25.5 Å². The summed E-state index contributed by atoms with van der Waals surface area (Å²) in [4.78, 5) is 26.2. The van der Waals surface area contributed by atoms with Crippen LogP contribution in [-0.4, -0.2) is 36.4 Å². The van der Waals surface area contributed by atoms with E-state index in [-0.39, 0.29) is 17.7 Å². The molecule has 1 atom stereocenters. The maximum atomic E-state index is 12.5. The van der Waals surface area contributed by atoms with Crippen LogP contribution >= 0.6 is 0 Å². The molecule has 0 radical (unpaired) electrons. The number of anilines is 1. The van der Waals surface area contributed by atoms with Crippen molar-refractivity contribution >= 4 is 17.5 Å². The topological polar surface area (TPSA) is 58.6 Å². The Balaban J connectivity index is 1.90. The predicted octanol–water partition coefficient (Wildman–Crippen LogP) is 3.70. The van der Waals surface area contributed by atoms with Crippen LogP contribution in [0.25, 0.3) is 0 Å². The number of hydrogen-bond donors (Lipinski definition) is 1. The Morgan fingerprint density at radius 1 is 1.36 bits per heavy atom. The van der Waals surface area contributed by atoms with Gasteiger partial charge in [0.1, 0.15) is 5.75 Å². The third-order valence-corrected chi connectivity index (χ3v) is 4.51. The van der Waals surface area contributed by atoms with Crippen molar-refractivity contribution in [3.63, 3.8) is 0 Å². The number of hydrogen-bond acceptors (Lipinski definition) is 3. The number of likely N-dealkylation sites (tertiary alicyclic amines) is 1. The summed E-state index contributed by atoms with van der Waals surface area (Å²) < 4.78 is 5.74. The molecule has 1 aromatic carbocycles. The zero-order chi connectivity index (χ0) is 18.2. The standard InChI is InChI=1S/C20H30N2O3/c1-4-19(23)22-11-6-7-16(14-22)20(24)21-17-8-5-9-18(13-17)25-12-10-15(2)3/h5,8-9,13,15-16H,4,6-7,10-12,14H2,1-3H3,(H,21,24). The quantitative estimate of drug-likeness (QED) is 0.819. The van der Waals surface area contributed by atoms with Crippen LogP contribution in [0.3, 0.4) is 0 Å². The fraction of sp³-hybridized carbons (Fsp3) is 0.600. The van der Waals surface area contributed by atoms with E-state index < -0.39 is 0 Å². The Labute approximate surface area is 150 Å². The van der Waals surface area contributed by atoms with Crippen molar-refractivity contribution < 1.29 is 14.3 Å². The molecule has 1 aliphatic heterocycles. The van der Waals surface area contributed by atoms with Crippen LogP contribution < -0.4 is 10.1 Å². The molecule has 0 bridgehead atoms. The first-order valence-corrected chi connectivity index (χ1v) is 9.31. The first-order chi connectivity index (χ1) is 12.0. The van der Waals surface area contributed by atoms with Gasteiger partial charge in [-0.05, 0) is 37.3 Å². The Morgan fingerprint density at radius 2 is 2.16 bits per heavy atom. The highest BCUT2D eigenvalue weighted by Gasteiger charge is 2.27. The van der Waals surface area contributed by atoms with Gasteiger partial charge in [-0.25, -0.2) is 0 Å². The SMILES string of the molecule is CCC(=O)N1CCCC(C(=O)Nc2cccc(OCCC(C)C)c2)C1. The van der Waals surface area contributed by atoms with Crippen LogP contribution in [0, 0.1) is 11.8 Å². The molecule has 2 amide bonds. The van der Waals surface area contributed by atoms with Crippen molar-refractivity contribution in [2.24, 2.45) is 11.8 Å². The lowest BCUT2D eigenvalue weighted by atomic mass is 9.96. The van der Waals surface area contributed by atoms with E-state index in [1.54, 1.807) is 4.90 Å². The summed E-state index contributed by atoms with van der Waals surface area (Å²) in [7, 11) is 0. The van der Waals surface area contributed by atoms with E-state index in [1.165, 1.54) is 0 Å². The molecule has 0 saturated carbocycles. The molecule has 5 nitrogen and oxygen atoms in total. The Hall–Kier alpha value is -2.04. The molecule has 1 aliphatic rings. The van der Waals surface area contributed by atoms with Crippen LogP contribution in [0.5, 0.6) is 5.75 Å². The lowest BCUT2D eigenvalue weighted by molar-refractivity contribution is -0.134. The average Bonchev–Trinajstić information content (AvgIpc) is 2.61. The van der Waals surface area contributed by atoms with E-state index in [0.717, 1.165) is 37.2 Å². The minimum absolute atomic E-state index is 0.0204. The first kappa shape index (κ1) is 19.3. The van der Waals surface area contributed by atoms with Gasteiger partial charge in [0.15, 0.2) is 0 Å². The molecule has 1 saturated heterocycles. The summed E-state index contributed by atoms with van der Waals surface area (Å²) in [5, 5.41) is 2.97. The van der Waals surface area contributed by atoms with Gasteiger partial charge in [-0.1, -0.05) is 26.8 Å². The zero-order valence-corrected chi connectivity index (χ0v) is 15.6. The number of rotatable bonds is 7. The van der Waals surface area contributed by atoms with Crippen molar-refractivity contribution in [2.45, 2.75) is 46.5 Å². The van der Waals surface area contributed by atoms with Crippen LogP contribution in [0.2, 0.25) is 0 Å². The molecule has 1 aromatic rings. The number of amides is 2. The summed E-state index contributed by atoms with van der Waals surface area (Å²) in [6.45, 7) is 8.13. The second-order valence-electron chi connectivity index (χ2n) is 7.08. The van der Waals surface area contributed by atoms with Crippen molar-refractivity contribution in [1.29, 1.82) is 0 Å². The molecule has 0 aliphatic carbocycles. The Bertz CT molecular complexity index is 586. The van der Waals surface area contributed by atoms with E-state index in [1.807, 2.05) is 31.2 Å². The highest BCUT2D eigenvalue weighted by atomic mass is 16.5. The molecule has 1 N–H and O–H groups in total. The van der Waals surface area contributed by atoms with Crippen molar-refractivity contribution in [1.82, 2.24) is 4.90 Å². The molecule has 1 unspecified atom stereocenters. The average molecular weight is 346 g/mol. The molecular weight excluding hydrogens is 316 g/mol. The van der Waals surface area contributed by atoms with Gasteiger partial charge >= 0.3 is 0 Å². The second kappa shape index (κ2) is 9.44. The highest BCUT2D eigenvalue weighted by molar-refractivity contribution is 5.93. The summed E-state index contributed by atoms with van der Waals surface area (Å²) >= 11 is 0. The molecule has 25 heavy (non-hydrogen) atoms. The third-order valence-electron chi connectivity index (χ3n) is 4.51. The first-order valence-electron chi connectivity index (χ1n) is 9.31. The van der Waals surface area contributed by atoms with Crippen LogP contribution in [0.1, 0.15) is 46.5 Å². The van der Waals surface area contributed by atoms with Gasteiger partial charge in [0.25, 0.3) is 0 Å². The van der Waals surface area contributed by atoms with Crippen molar-refractivity contribution in [3.8, 4) is 5.75 Å². The lowest BCUT2D eigenvalue weighted by Crippen LogP contribution is -2.43. The number of ether oxygens (including phenoxy) is 1. The van der Waals surface area contributed by atoms with Crippen LogP contribution in [0.4, 0.5) is 5.69 Å². The Morgan fingerprint density at radius 3 is 2.88 bits per heavy atom. The van der Waals surface area contributed by atoms with Crippen molar-refractivity contribution in [2.75, 3.05) is 25.0 Å². The monoisotopic (exact) mass is 346 g/mol. The normalized spacial score (nSPS) is 17.4. The maximum absolute atomic E-state index is 12.5. The molecule has 1 fully saturated rings. The van der Waals surface area contributed by atoms with Crippen molar-refractivity contribution in [3.05, 3.63) is 24.3 Å². The minimum Gasteiger partial charge on any atom is -0.494 e. The predicted molar refractivity (Wildman–Crippen MR) is 99.6 cm³/mol. The molecule has 0 aromatic heterocycles. The molecule has 138 valence electrons. The number of nitrogens with zero attached hydrogens (tertiary/aromatic N) is 1. The fourth-order valence-electron chi connectivity index (χ4n) is 2.96. The second-order valence-corrected chi connectivity index (χ2v) is 7.08. The van der Waals surface area contributed by atoms with Gasteiger partial charge in [0.2, 0.25) is 11.8 Å². The fourth-order valence-corrected chi connectivity index (χ4v) is 2.96. The summed E-state index contributed by atoms with van der Waals surface area (Å²) in [5.74, 6) is 1.33. The molecule has 1 heterocycles. The van der Waals surface area contributed by atoms with Gasteiger partial charge in [-0.15, -0.1) is 0 Å². The summed E-state index contributed by atoms with van der Waals surface area (Å²) in [5.41, 5.74) is 0.742. The van der Waals surface area contributed by atoms with Gasteiger partial charge in [0.05, 0.1) is 12.5 Å². The smallest absolute Gasteiger partial charge is 0.229 e. The van der Waals surface area contributed by atoms with Gasteiger partial charge in [-0.3, -0.25) is 9.59 Å². The Kier molecular flexibility index (Phi) is 7.29. The lowest BCUT2D eigenvalue weighted by Gasteiger charge is -2.31.